The molecule has 0 fully saturated rings. The second kappa shape index (κ2) is 4.83. The standard InChI is InChI=1S/C11H8N2O3S.ClH/c1-15-10(14)7-5-13-8(6-17-11(13)12-7)9-3-2-4-16-9;/h2-6H,1H3;1H. The number of methoxy groups -OCH3 is 1. The zero-order valence-corrected chi connectivity index (χ0v) is 11.0. The van der Waals surface area contributed by atoms with E-state index in [4.69, 9.17) is 4.42 Å². The van der Waals surface area contributed by atoms with Crippen LogP contribution in [-0.2, 0) is 4.74 Å². The number of furan rings is 1. The van der Waals surface area contributed by atoms with Crippen molar-refractivity contribution in [2.24, 2.45) is 0 Å². The second-order valence-corrected chi connectivity index (χ2v) is 4.21. The number of aromatic nitrogens is 2. The molecule has 3 heterocycles. The Morgan fingerprint density at radius 3 is 3.06 bits per heavy atom. The minimum Gasteiger partial charge on any atom is -0.464 e. The van der Waals surface area contributed by atoms with E-state index in [9.17, 15) is 4.79 Å². The van der Waals surface area contributed by atoms with E-state index in [2.05, 4.69) is 9.72 Å². The molecule has 7 heteroatoms. The fourth-order valence-corrected chi connectivity index (χ4v) is 2.45. The van der Waals surface area contributed by atoms with Crippen LogP contribution in [0.5, 0.6) is 0 Å². The van der Waals surface area contributed by atoms with Gasteiger partial charge in [-0.1, -0.05) is 0 Å². The van der Waals surface area contributed by atoms with Crippen LogP contribution in [0.4, 0.5) is 0 Å². The molecule has 0 N–H and O–H groups in total. The van der Waals surface area contributed by atoms with Gasteiger partial charge in [-0.05, 0) is 12.1 Å². The monoisotopic (exact) mass is 284 g/mol. The van der Waals surface area contributed by atoms with Crippen molar-refractivity contribution in [3.05, 3.63) is 35.7 Å². The van der Waals surface area contributed by atoms with Gasteiger partial charge in [0.15, 0.2) is 16.4 Å². The zero-order chi connectivity index (χ0) is 11.8. The van der Waals surface area contributed by atoms with Gasteiger partial charge >= 0.3 is 5.97 Å². The van der Waals surface area contributed by atoms with Crippen LogP contribution in [0, 0.1) is 0 Å². The van der Waals surface area contributed by atoms with Crippen LogP contribution in [0.2, 0.25) is 0 Å². The summed E-state index contributed by atoms with van der Waals surface area (Å²) >= 11 is 1.44. The molecule has 0 aliphatic rings. The lowest BCUT2D eigenvalue weighted by Gasteiger charge is -1.93. The Kier molecular flexibility index (Phi) is 3.40. The quantitative estimate of drug-likeness (QED) is 0.679. The number of imidazole rings is 1. The average Bonchev–Trinajstić information content (AvgIpc) is 3.02. The SMILES string of the molecule is COC(=O)c1cn2c(-c3ccco3)csc2n1.Cl. The minimum atomic E-state index is -0.439. The van der Waals surface area contributed by atoms with Crippen molar-refractivity contribution in [1.82, 2.24) is 9.38 Å². The molecular formula is C11H9ClN2O3S. The number of carbonyl (C=O) groups is 1. The molecule has 3 aromatic heterocycles. The van der Waals surface area contributed by atoms with Gasteiger partial charge < -0.3 is 9.15 Å². The number of rotatable bonds is 2. The molecule has 0 spiro atoms. The maximum atomic E-state index is 11.4. The van der Waals surface area contributed by atoms with Gasteiger partial charge in [0, 0.05) is 11.6 Å². The number of halogens is 1. The molecule has 0 aromatic carbocycles. The van der Waals surface area contributed by atoms with Crippen LogP contribution in [-0.4, -0.2) is 22.5 Å². The van der Waals surface area contributed by atoms with E-state index in [1.807, 2.05) is 21.9 Å². The smallest absolute Gasteiger partial charge is 0.358 e. The molecule has 0 aliphatic carbocycles. The van der Waals surface area contributed by atoms with Crippen LogP contribution < -0.4 is 0 Å². The molecule has 3 aromatic rings. The Bertz CT molecular complexity index is 672. The van der Waals surface area contributed by atoms with E-state index in [1.165, 1.54) is 18.4 Å². The largest absolute Gasteiger partial charge is 0.464 e. The summed E-state index contributed by atoms with van der Waals surface area (Å²) in [5.41, 5.74) is 1.17. The lowest BCUT2D eigenvalue weighted by atomic mass is 10.3. The first-order chi connectivity index (χ1) is 8.29. The van der Waals surface area contributed by atoms with Gasteiger partial charge in [0.1, 0.15) is 5.69 Å². The summed E-state index contributed by atoms with van der Waals surface area (Å²) in [6.45, 7) is 0. The number of esters is 1. The lowest BCUT2D eigenvalue weighted by molar-refractivity contribution is 0.0595. The summed E-state index contributed by atoms with van der Waals surface area (Å²) in [5.74, 6) is 0.302. The van der Waals surface area contributed by atoms with Crippen LogP contribution >= 0.6 is 23.7 Å². The molecule has 0 bridgehead atoms. The summed E-state index contributed by atoms with van der Waals surface area (Å²) < 4.78 is 11.8. The van der Waals surface area contributed by atoms with Crippen molar-refractivity contribution in [3.8, 4) is 11.5 Å². The van der Waals surface area contributed by atoms with Gasteiger partial charge in [-0.2, -0.15) is 0 Å². The van der Waals surface area contributed by atoms with Crippen LogP contribution in [0.15, 0.2) is 34.4 Å². The minimum absolute atomic E-state index is 0. The van der Waals surface area contributed by atoms with Crippen molar-refractivity contribution in [2.45, 2.75) is 0 Å². The average molecular weight is 285 g/mol. The number of hydrogen-bond donors (Lipinski definition) is 0. The topological polar surface area (TPSA) is 56.7 Å². The number of hydrogen-bond acceptors (Lipinski definition) is 5. The highest BCUT2D eigenvalue weighted by Gasteiger charge is 2.15. The maximum Gasteiger partial charge on any atom is 0.358 e. The van der Waals surface area contributed by atoms with Gasteiger partial charge in [-0.15, -0.1) is 23.7 Å². The first-order valence-corrected chi connectivity index (χ1v) is 5.76. The number of ether oxygens (including phenoxy) is 1. The second-order valence-electron chi connectivity index (χ2n) is 3.37. The number of thiazole rings is 1. The maximum absolute atomic E-state index is 11.4. The van der Waals surface area contributed by atoms with E-state index < -0.39 is 5.97 Å². The predicted octanol–water partition coefficient (Wildman–Crippen LogP) is 2.86. The van der Waals surface area contributed by atoms with Crippen molar-refractivity contribution >= 4 is 34.7 Å². The molecular weight excluding hydrogens is 276 g/mol. The molecule has 0 atom stereocenters. The Morgan fingerprint density at radius 2 is 2.39 bits per heavy atom. The summed E-state index contributed by atoms with van der Waals surface area (Å²) in [4.78, 5) is 16.3. The van der Waals surface area contributed by atoms with Crippen LogP contribution in [0.1, 0.15) is 10.5 Å². The molecule has 5 nitrogen and oxygen atoms in total. The first kappa shape index (κ1) is 12.7. The number of nitrogens with zero attached hydrogens (tertiary/aromatic N) is 2. The van der Waals surface area contributed by atoms with Crippen LogP contribution in [0.3, 0.4) is 0 Å². The van der Waals surface area contributed by atoms with E-state index in [1.54, 1.807) is 12.5 Å². The van der Waals surface area contributed by atoms with E-state index in [-0.39, 0.29) is 12.4 Å². The van der Waals surface area contributed by atoms with Crippen molar-refractivity contribution in [2.75, 3.05) is 7.11 Å². The van der Waals surface area contributed by atoms with E-state index in [0.29, 0.717) is 5.69 Å². The zero-order valence-electron chi connectivity index (χ0n) is 9.32. The van der Waals surface area contributed by atoms with Crippen LogP contribution in [0.25, 0.3) is 16.4 Å². The number of fused-ring (bicyclic) bond motifs is 1. The van der Waals surface area contributed by atoms with E-state index in [0.717, 1.165) is 16.4 Å². The van der Waals surface area contributed by atoms with Crippen molar-refractivity contribution < 1.29 is 13.9 Å². The normalized spacial score (nSPS) is 10.3. The Balaban J connectivity index is 0.00000120. The molecule has 0 radical (unpaired) electrons. The molecule has 0 amide bonds. The van der Waals surface area contributed by atoms with Gasteiger partial charge in [-0.3, -0.25) is 4.40 Å². The summed E-state index contributed by atoms with van der Waals surface area (Å²) in [6.07, 6.45) is 3.26. The highest BCUT2D eigenvalue weighted by atomic mass is 35.5. The Morgan fingerprint density at radius 1 is 1.56 bits per heavy atom. The molecule has 94 valence electrons. The molecule has 0 unspecified atom stereocenters. The third-order valence-corrected chi connectivity index (χ3v) is 3.22. The van der Waals surface area contributed by atoms with E-state index >= 15 is 0 Å². The Labute approximate surface area is 112 Å². The first-order valence-electron chi connectivity index (χ1n) is 4.88. The van der Waals surface area contributed by atoms with Gasteiger partial charge in [0.25, 0.3) is 0 Å². The summed E-state index contributed by atoms with van der Waals surface area (Å²) in [6, 6.07) is 3.68. The lowest BCUT2D eigenvalue weighted by Crippen LogP contribution is -2.00. The van der Waals surface area contributed by atoms with Crippen molar-refractivity contribution in [1.29, 1.82) is 0 Å². The third-order valence-electron chi connectivity index (χ3n) is 2.38. The summed E-state index contributed by atoms with van der Waals surface area (Å²) in [7, 11) is 1.34. The third kappa shape index (κ3) is 1.89. The molecule has 0 saturated heterocycles. The fourth-order valence-electron chi connectivity index (χ4n) is 1.59. The van der Waals surface area contributed by atoms with Gasteiger partial charge in [-0.25, -0.2) is 9.78 Å². The molecule has 3 rings (SSSR count). The predicted molar refractivity (Wildman–Crippen MR) is 69.4 cm³/mol. The van der Waals surface area contributed by atoms with Crippen molar-refractivity contribution in [3.63, 3.8) is 0 Å². The highest BCUT2D eigenvalue weighted by Crippen LogP contribution is 2.26. The molecule has 0 saturated carbocycles. The molecule has 0 aliphatic heterocycles. The molecule has 18 heavy (non-hydrogen) atoms. The summed E-state index contributed by atoms with van der Waals surface area (Å²) in [5, 5.41) is 1.93. The Hall–Kier alpha value is -1.79. The van der Waals surface area contributed by atoms with Gasteiger partial charge in [0.2, 0.25) is 0 Å². The fraction of sp³-hybridized carbons (Fsp3) is 0.0909. The van der Waals surface area contributed by atoms with Gasteiger partial charge in [0.05, 0.1) is 13.4 Å². The highest BCUT2D eigenvalue weighted by molar-refractivity contribution is 7.15. The number of carbonyl (C=O) groups excluding carboxylic acids is 1.